The summed E-state index contributed by atoms with van der Waals surface area (Å²) in [6.07, 6.45) is 2.18. The fraction of sp³-hybridized carbons (Fsp3) is 0.280. The second kappa shape index (κ2) is 7.88. The number of benzene rings is 2. The zero-order chi connectivity index (χ0) is 23.2. The van der Waals surface area contributed by atoms with Crippen molar-refractivity contribution in [3.8, 4) is 5.69 Å². The van der Waals surface area contributed by atoms with E-state index in [1.807, 2.05) is 68.4 Å². The SMILES string of the molecule is Cc1nn(-c2ccccc2)c(C)c1NC(=O)CN1C(=O)N[C@]2(CCCc3ccccc32)C1=O. The van der Waals surface area contributed by atoms with Crippen LogP contribution in [-0.2, 0) is 21.5 Å². The summed E-state index contributed by atoms with van der Waals surface area (Å²) in [5, 5.41) is 10.3. The quantitative estimate of drug-likeness (QED) is 0.605. The number of aromatic nitrogens is 2. The zero-order valence-corrected chi connectivity index (χ0v) is 18.6. The molecule has 3 aromatic rings. The van der Waals surface area contributed by atoms with Gasteiger partial charge < -0.3 is 10.6 Å². The number of hydrogen-bond acceptors (Lipinski definition) is 4. The van der Waals surface area contributed by atoms with Crippen LogP contribution in [0, 0.1) is 13.8 Å². The molecule has 1 aromatic heterocycles. The minimum atomic E-state index is -1.09. The first-order chi connectivity index (χ1) is 15.9. The number of nitrogens with zero attached hydrogens (tertiary/aromatic N) is 3. The van der Waals surface area contributed by atoms with Gasteiger partial charge in [0.25, 0.3) is 5.91 Å². The molecule has 168 valence electrons. The van der Waals surface area contributed by atoms with E-state index in [2.05, 4.69) is 15.7 Å². The van der Waals surface area contributed by atoms with Crippen LogP contribution < -0.4 is 10.6 Å². The highest BCUT2D eigenvalue weighted by atomic mass is 16.2. The molecule has 0 saturated carbocycles. The number of fused-ring (bicyclic) bond motifs is 2. The van der Waals surface area contributed by atoms with Gasteiger partial charge in [0.1, 0.15) is 12.1 Å². The van der Waals surface area contributed by atoms with Gasteiger partial charge in [0.2, 0.25) is 5.91 Å². The number of carbonyl (C=O) groups excluding carboxylic acids is 3. The third kappa shape index (κ3) is 3.38. The van der Waals surface area contributed by atoms with E-state index in [0.29, 0.717) is 17.8 Å². The van der Waals surface area contributed by atoms with Gasteiger partial charge in [-0.15, -0.1) is 0 Å². The first kappa shape index (κ1) is 20.9. The van der Waals surface area contributed by atoms with Crippen LogP contribution in [0.1, 0.15) is 35.4 Å². The summed E-state index contributed by atoms with van der Waals surface area (Å²) in [6.45, 7) is 3.32. The van der Waals surface area contributed by atoms with Gasteiger partial charge in [-0.1, -0.05) is 42.5 Å². The van der Waals surface area contributed by atoms with E-state index in [1.165, 1.54) is 0 Å². The molecule has 1 saturated heterocycles. The van der Waals surface area contributed by atoms with Gasteiger partial charge in [0.05, 0.1) is 22.8 Å². The molecule has 8 heteroatoms. The van der Waals surface area contributed by atoms with Crippen molar-refractivity contribution in [1.82, 2.24) is 20.0 Å². The Hall–Kier alpha value is -3.94. The molecule has 0 unspecified atom stereocenters. The summed E-state index contributed by atoms with van der Waals surface area (Å²) in [5.41, 5.74) is 3.67. The second-order valence-electron chi connectivity index (χ2n) is 8.58. The molecule has 1 atom stereocenters. The number of anilines is 1. The molecule has 2 heterocycles. The van der Waals surface area contributed by atoms with Crippen molar-refractivity contribution in [2.45, 2.75) is 38.6 Å². The van der Waals surface area contributed by atoms with Gasteiger partial charge in [-0.3, -0.25) is 14.5 Å². The Bertz CT molecular complexity index is 1270. The van der Waals surface area contributed by atoms with E-state index < -0.39 is 17.5 Å². The average Bonchev–Trinajstić information content (AvgIpc) is 3.23. The van der Waals surface area contributed by atoms with Gasteiger partial charge in [-0.2, -0.15) is 5.10 Å². The molecule has 2 N–H and O–H groups in total. The maximum absolute atomic E-state index is 13.4. The predicted octanol–water partition coefficient (Wildman–Crippen LogP) is 3.21. The summed E-state index contributed by atoms with van der Waals surface area (Å²) >= 11 is 0. The zero-order valence-electron chi connectivity index (χ0n) is 18.6. The number of imide groups is 1. The molecule has 8 nitrogen and oxygen atoms in total. The third-order valence-electron chi connectivity index (χ3n) is 6.51. The molecular formula is C25H25N5O3. The number of urea groups is 1. The van der Waals surface area contributed by atoms with Gasteiger partial charge in [0, 0.05) is 0 Å². The first-order valence-corrected chi connectivity index (χ1v) is 11.0. The van der Waals surface area contributed by atoms with Crippen LogP contribution in [0.2, 0.25) is 0 Å². The van der Waals surface area contributed by atoms with Crippen molar-refractivity contribution in [3.05, 3.63) is 77.1 Å². The standard InChI is InChI=1S/C25H25N5O3/c1-16-22(17(2)30(28-16)19-11-4-3-5-12-19)26-21(31)15-29-23(32)25(27-24(29)33)14-8-10-18-9-6-7-13-20(18)25/h3-7,9,11-13H,8,10,14-15H2,1-2H3,(H,26,31)(H,27,33)/t25-/m0/s1. The summed E-state index contributed by atoms with van der Waals surface area (Å²) in [6, 6.07) is 16.8. The highest BCUT2D eigenvalue weighted by Gasteiger charge is 2.54. The largest absolute Gasteiger partial charge is 0.325 e. The lowest BCUT2D eigenvalue weighted by Gasteiger charge is -2.33. The molecule has 1 aliphatic carbocycles. The smallest absolute Gasteiger partial charge is 0.321 e. The summed E-state index contributed by atoms with van der Waals surface area (Å²) < 4.78 is 1.76. The lowest BCUT2D eigenvalue weighted by molar-refractivity contribution is -0.134. The minimum absolute atomic E-state index is 0.357. The predicted molar refractivity (Wildman–Crippen MR) is 123 cm³/mol. The Morgan fingerprint density at radius 2 is 1.82 bits per heavy atom. The topological polar surface area (TPSA) is 96.3 Å². The van der Waals surface area contributed by atoms with Gasteiger partial charge in [0.15, 0.2) is 0 Å². The molecule has 0 bridgehead atoms. The number of hydrogen-bond donors (Lipinski definition) is 2. The van der Waals surface area contributed by atoms with E-state index in [0.717, 1.165) is 40.2 Å². The summed E-state index contributed by atoms with van der Waals surface area (Å²) in [7, 11) is 0. The molecular weight excluding hydrogens is 418 g/mol. The average molecular weight is 444 g/mol. The summed E-state index contributed by atoms with van der Waals surface area (Å²) in [5.74, 6) is -0.818. The van der Waals surface area contributed by atoms with E-state index in [9.17, 15) is 14.4 Å². The molecule has 4 amide bonds. The van der Waals surface area contributed by atoms with E-state index in [-0.39, 0.29) is 12.5 Å². The highest BCUT2D eigenvalue weighted by Crippen LogP contribution is 2.39. The van der Waals surface area contributed by atoms with Crippen molar-refractivity contribution in [2.24, 2.45) is 0 Å². The molecule has 1 aliphatic heterocycles. The maximum Gasteiger partial charge on any atom is 0.325 e. The number of nitrogens with one attached hydrogen (secondary N) is 2. The Morgan fingerprint density at radius 3 is 2.61 bits per heavy atom. The van der Waals surface area contributed by atoms with E-state index in [1.54, 1.807) is 4.68 Å². The van der Waals surface area contributed by atoms with Gasteiger partial charge in [-0.05, 0) is 56.4 Å². The van der Waals surface area contributed by atoms with Crippen LogP contribution >= 0.6 is 0 Å². The highest BCUT2D eigenvalue weighted by molar-refractivity contribution is 6.10. The van der Waals surface area contributed by atoms with Gasteiger partial charge >= 0.3 is 6.03 Å². The number of amides is 4. The van der Waals surface area contributed by atoms with Crippen LogP contribution in [0.25, 0.3) is 5.69 Å². The number of rotatable bonds is 4. The lowest BCUT2D eigenvalue weighted by atomic mass is 9.76. The van der Waals surface area contributed by atoms with Crippen molar-refractivity contribution in [1.29, 1.82) is 0 Å². The summed E-state index contributed by atoms with van der Waals surface area (Å²) in [4.78, 5) is 40.1. The van der Waals surface area contributed by atoms with Crippen LogP contribution in [0.15, 0.2) is 54.6 Å². The minimum Gasteiger partial charge on any atom is -0.321 e. The van der Waals surface area contributed by atoms with Crippen LogP contribution in [0.5, 0.6) is 0 Å². The Balaban J connectivity index is 1.36. The molecule has 33 heavy (non-hydrogen) atoms. The molecule has 5 rings (SSSR count). The van der Waals surface area contributed by atoms with Gasteiger partial charge in [-0.25, -0.2) is 9.48 Å². The van der Waals surface area contributed by atoms with E-state index in [4.69, 9.17) is 0 Å². The van der Waals surface area contributed by atoms with E-state index >= 15 is 0 Å². The van der Waals surface area contributed by atoms with Crippen molar-refractivity contribution >= 4 is 23.5 Å². The maximum atomic E-state index is 13.4. The molecule has 0 radical (unpaired) electrons. The lowest BCUT2D eigenvalue weighted by Crippen LogP contribution is -2.47. The van der Waals surface area contributed by atoms with Crippen molar-refractivity contribution in [3.63, 3.8) is 0 Å². The monoisotopic (exact) mass is 443 g/mol. The number of carbonyl (C=O) groups is 3. The second-order valence-corrected chi connectivity index (χ2v) is 8.58. The molecule has 1 fully saturated rings. The molecule has 2 aromatic carbocycles. The third-order valence-corrected chi connectivity index (χ3v) is 6.51. The normalized spacial score (nSPS) is 19.5. The first-order valence-electron chi connectivity index (χ1n) is 11.0. The fourth-order valence-electron chi connectivity index (χ4n) is 4.92. The Morgan fingerprint density at radius 1 is 1.09 bits per heavy atom. The van der Waals surface area contributed by atoms with Crippen LogP contribution in [-0.4, -0.2) is 39.1 Å². The van der Waals surface area contributed by atoms with Crippen molar-refractivity contribution in [2.75, 3.05) is 11.9 Å². The Labute approximate surface area is 191 Å². The fourth-order valence-corrected chi connectivity index (χ4v) is 4.92. The van der Waals surface area contributed by atoms with Crippen LogP contribution in [0.4, 0.5) is 10.5 Å². The molecule has 1 spiro atoms. The van der Waals surface area contributed by atoms with Crippen molar-refractivity contribution < 1.29 is 14.4 Å². The van der Waals surface area contributed by atoms with Crippen LogP contribution in [0.3, 0.4) is 0 Å². The number of aryl methyl sites for hydroxylation is 2. The number of para-hydroxylation sites is 1. The Kier molecular flexibility index (Phi) is 5.00. The molecule has 2 aliphatic rings.